The number of nitrogens with one attached hydrogen (secondary N) is 1. The lowest BCUT2D eigenvalue weighted by molar-refractivity contribution is 0.390. The summed E-state index contributed by atoms with van der Waals surface area (Å²) in [6.07, 6.45) is 0. The number of ether oxygens (including phenoxy) is 1. The van der Waals surface area contributed by atoms with Crippen molar-refractivity contribution in [2.45, 2.75) is 13.8 Å². The van der Waals surface area contributed by atoms with Crippen LogP contribution in [0.1, 0.15) is 11.1 Å². The fraction of sp³-hybridized carbons (Fsp3) is 0.304. The summed E-state index contributed by atoms with van der Waals surface area (Å²) in [5.41, 5.74) is 5.66. The van der Waals surface area contributed by atoms with Crippen molar-refractivity contribution in [2.75, 3.05) is 43.5 Å². The van der Waals surface area contributed by atoms with Gasteiger partial charge in [0.05, 0.1) is 12.8 Å². The molecule has 0 aliphatic carbocycles. The SMILES string of the molecule is COc1cccc(-c2csc(N3CCN(C(=S)Nc4cccc(C)c4C)CC3)n2)c1. The molecule has 0 saturated carbocycles. The number of hydrogen-bond donors (Lipinski definition) is 1. The van der Waals surface area contributed by atoms with E-state index in [-0.39, 0.29) is 0 Å². The number of rotatable bonds is 4. The summed E-state index contributed by atoms with van der Waals surface area (Å²) >= 11 is 7.36. The Kier molecular flexibility index (Phi) is 6.20. The van der Waals surface area contributed by atoms with Gasteiger partial charge in [0.2, 0.25) is 0 Å². The van der Waals surface area contributed by atoms with Crippen LogP contribution in [0.5, 0.6) is 5.75 Å². The predicted molar refractivity (Wildman–Crippen MR) is 130 cm³/mol. The molecule has 7 heteroatoms. The van der Waals surface area contributed by atoms with Crippen molar-refractivity contribution in [3.05, 3.63) is 59.0 Å². The van der Waals surface area contributed by atoms with Gasteiger partial charge in [-0.1, -0.05) is 24.3 Å². The highest BCUT2D eigenvalue weighted by molar-refractivity contribution is 7.80. The second kappa shape index (κ2) is 9.02. The molecule has 2 heterocycles. The Hall–Kier alpha value is -2.64. The Morgan fingerprint density at radius 1 is 1.10 bits per heavy atom. The summed E-state index contributed by atoms with van der Waals surface area (Å²) in [6, 6.07) is 14.3. The first-order chi connectivity index (χ1) is 14.5. The largest absolute Gasteiger partial charge is 0.497 e. The van der Waals surface area contributed by atoms with Gasteiger partial charge in [-0.3, -0.25) is 0 Å². The molecule has 0 spiro atoms. The molecule has 0 radical (unpaired) electrons. The highest BCUT2D eigenvalue weighted by Gasteiger charge is 2.21. The van der Waals surface area contributed by atoms with Crippen LogP contribution >= 0.6 is 23.6 Å². The molecular formula is C23H26N4OS2. The summed E-state index contributed by atoms with van der Waals surface area (Å²) in [6.45, 7) is 7.81. The van der Waals surface area contributed by atoms with Gasteiger partial charge in [0.1, 0.15) is 5.75 Å². The zero-order valence-electron chi connectivity index (χ0n) is 17.5. The maximum Gasteiger partial charge on any atom is 0.185 e. The summed E-state index contributed by atoms with van der Waals surface area (Å²) in [5, 5.41) is 7.39. The van der Waals surface area contributed by atoms with E-state index in [1.54, 1.807) is 18.4 Å². The molecule has 4 rings (SSSR count). The van der Waals surface area contributed by atoms with Crippen LogP contribution in [0.3, 0.4) is 0 Å². The van der Waals surface area contributed by atoms with Crippen molar-refractivity contribution in [3.8, 4) is 17.0 Å². The maximum atomic E-state index is 5.68. The minimum Gasteiger partial charge on any atom is -0.497 e. The molecule has 1 fully saturated rings. The zero-order chi connectivity index (χ0) is 21.1. The zero-order valence-corrected chi connectivity index (χ0v) is 19.1. The third kappa shape index (κ3) is 4.42. The number of thiazole rings is 1. The van der Waals surface area contributed by atoms with E-state index in [0.717, 1.165) is 59.1 Å². The molecule has 30 heavy (non-hydrogen) atoms. The average Bonchev–Trinajstić information content (AvgIpc) is 3.27. The van der Waals surface area contributed by atoms with Crippen LogP contribution < -0.4 is 15.0 Å². The smallest absolute Gasteiger partial charge is 0.185 e. The van der Waals surface area contributed by atoms with Crippen LogP contribution in [0.25, 0.3) is 11.3 Å². The van der Waals surface area contributed by atoms with Crippen molar-refractivity contribution in [1.82, 2.24) is 9.88 Å². The molecule has 1 aromatic heterocycles. The average molecular weight is 439 g/mol. The predicted octanol–water partition coefficient (Wildman–Crippen LogP) is 4.95. The third-order valence-corrected chi connectivity index (χ3v) is 6.80. The van der Waals surface area contributed by atoms with Crippen molar-refractivity contribution in [1.29, 1.82) is 0 Å². The molecule has 2 aromatic carbocycles. The summed E-state index contributed by atoms with van der Waals surface area (Å²) in [4.78, 5) is 9.44. The molecule has 3 aromatic rings. The van der Waals surface area contributed by atoms with E-state index in [4.69, 9.17) is 21.9 Å². The number of anilines is 2. The normalized spacial score (nSPS) is 14.0. The van der Waals surface area contributed by atoms with E-state index in [9.17, 15) is 0 Å². The second-order valence-corrected chi connectivity index (χ2v) is 8.62. The third-order valence-electron chi connectivity index (χ3n) is 5.54. The van der Waals surface area contributed by atoms with Gasteiger partial charge in [-0.05, 0) is 55.4 Å². The molecule has 0 bridgehead atoms. The molecule has 0 amide bonds. The van der Waals surface area contributed by atoms with Crippen LogP contribution in [-0.2, 0) is 0 Å². The van der Waals surface area contributed by atoms with Gasteiger partial charge >= 0.3 is 0 Å². The van der Waals surface area contributed by atoms with Crippen molar-refractivity contribution >= 4 is 39.5 Å². The minimum atomic E-state index is 0.791. The topological polar surface area (TPSA) is 40.6 Å². The highest BCUT2D eigenvalue weighted by atomic mass is 32.1. The summed E-state index contributed by atoms with van der Waals surface area (Å²) in [5.74, 6) is 0.848. The van der Waals surface area contributed by atoms with E-state index < -0.39 is 0 Å². The number of methoxy groups -OCH3 is 1. The number of thiocarbonyl (C=S) groups is 1. The lowest BCUT2D eigenvalue weighted by Crippen LogP contribution is -2.50. The van der Waals surface area contributed by atoms with Crippen LogP contribution in [0.15, 0.2) is 47.8 Å². The maximum absolute atomic E-state index is 5.68. The second-order valence-electron chi connectivity index (χ2n) is 7.40. The van der Waals surface area contributed by atoms with Gasteiger partial charge in [-0.25, -0.2) is 4.98 Å². The van der Waals surface area contributed by atoms with Crippen molar-refractivity contribution in [3.63, 3.8) is 0 Å². The Labute approximate surface area is 187 Å². The molecule has 1 aliphatic rings. The standard InChI is InChI=1S/C23H26N4OS2/c1-16-6-4-9-20(17(16)2)24-22(29)26-10-12-27(13-11-26)23-25-21(15-30-23)18-7-5-8-19(14-18)28-3/h4-9,14-15H,10-13H2,1-3H3,(H,24,29). The van der Waals surface area contributed by atoms with Crippen molar-refractivity contribution in [2.24, 2.45) is 0 Å². The molecule has 5 nitrogen and oxygen atoms in total. The van der Waals surface area contributed by atoms with Gasteiger partial charge in [-0.2, -0.15) is 0 Å². The molecule has 156 valence electrons. The molecule has 1 saturated heterocycles. The highest BCUT2D eigenvalue weighted by Crippen LogP contribution is 2.30. The number of benzene rings is 2. The summed E-state index contributed by atoms with van der Waals surface area (Å²) < 4.78 is 5.33. The van der Waals surface area contributed by atoms with Crippen LogP contribution in [0.4, 0.5) is 10.8 Å². The molecule has 0 atom stereocenters. The van der Waals surface area contributed by atoms with E-state index in [0.29, 0.717) is 0 Å². The monoisotopic (exact) mass is 438 g/mol. The Morgan fingerprint density at radius 2 is 1.87 bits per heavy atom. The summed E-state index contributed by atoms with van der Waals surface area (Å²) in [7, 11) is 1.69. The minimum absolute atomic E-state index is 0.791. The molecule has 1 N–H and O–H groups in total. The van der Waals surface area contributed by atoms with E-state index in [1.165, 1.54) is 11.1 Å². The van der Waals surface area contributed by atoms with Gasteiger partial charge in [0, 0.05) is 42.8 Å². The number of nitrogens with zero attached hydrogens (tertiary/aromatic N) is 3. The van der Waals surface area contributed by atoms with Gasteiger partial charge in [0.15, 0.2) is 10.2 Å². The Bertz CT molecular complexity index is 1040. The van der Waals surface area contributed by atoms with E-state index in [2.05, 4.69) is 58.6 Å². The van der Waals surface area contributed by atoms with Crippen LogP contribution in [0, 0.1) is 13.8 Å². The number of piperazine rings is 1. The fourth-order valence-electron chi connectivity index (χ4n) is 3.51. The van der Waals surface area contributed by atoms with Gasteiger partial charge in [0.25, 0.3) is 0 Å². The number of aryl methyl sites for hydroxylation is 1. The fourth-order valence-corrected chi connectivity index (χ4v) is 4.69. The first kappa shape index (κ1) is 20.6. The number of hydrogen-bond acceptors (Lipinski definition) is 5. The van der Waals surface area contributed by atoms with Crippen molar-refractivity contribution < 1.29 is 4.74 Å². The van der Waals surface area contributed by atoms with Gasteiger partial charge < -0.3 is 19.9 Å². The molecule has 1 aliphatic heterocycles. The van der Waals surface area contributed by atoms with Crippen LogP contribution in [0.2, 0.25) is 0 Å². The Balaban J connectivity index is 1.37. The lowest BCUT2D eigenvalue weighted by atomic mass is 10.1. The number of aromatic nitrogens is 1. The molecule has 0 unspecified atom stereocenters. The van der Waals surface area contributed by atoms with E-state index in [1.807, 2.05) is 18.2 Å². The lowest BCUT2D eigenvalue weighted by Gasteiger charge is -2.36. The quantitative estimate of drug-likeness (QED) is 0.581. The van der Waals surface area contributed by atoms with Gasteiger partial charge in [-0.15, -0.1) is 11.3 Å². The van der Waals surface area contributed by atoms with Crippen LogP contribution in [-0.4, -0.2) is 48.3 Å². The first-order valence-corrected chi connectivity index (χ1v) is 11.3. The Morgan fingerprint density at radius 3 is 2.63 bits per heavy atom. The van der Waals surface area contributed by atoms with E-state index >= 15 is 0 Å². The first-order valence-electron chi connectivity index (χ1n) is 10.0. The molecular weight excluding hydrogens is 412 g/mol.